The van der Waals surface area contributed by atoms with Crippen molar-refractivity contribution in [3.63, 3.8) is 0 Å². The van der Waals surface area contributed by atoms with Gasteiger partial charge in [0.05, 0.1) is 0 Å². The maximum atomic E-state index is 13.2. The van der Waals surface area contributed by atoms with E-state index in [1.807, 2.05) is 45.0 Å². The van der Waals surface area contributed by atoms with Gasteiger partial charge in [0.25, 0.3) is 5.91 Å². The van der Waals surface area contributed by atoms with Gasteiger partial charge in [-0.15, -0.1) is 0 Å². The molecule has 1 unspecified atom stereocenters. The lowest BCUT2D eigenvalue weighted by Crippen LogP contribution is -2.53. The normalized spacial score (nSPS) is 12.8. The van der Waals surface area contributed by atoms with E-state index < -0.39 is 11.6 Å². The van der Waals surface area contributed by atoms with Crippen molar-refractivity contribution in [1.29, 1.82) is 0 Å². The molecule has 0 saturated heterocycles. The van der Waals surface area contributed by atoms with Crippen molar-refractivity contribution in [2.75, 3.05) is 6.61 Å². The fourth-order valence-corrected chi connectivity index (χ4v) is 3.71. The Morgan fingerprint density at radius 2 is 1.52 bits per heavy atom. The summed E-state index contributed by atoms with van der Waals surface area (Å²) in [6.07, 6.45) is 0. The Morgan fingerprint density at radius 1 is 0.970 bits per heavy atom. The minimum atomic E-state index is -0.754. The van der Waals surface area contributed by atoms with E-state index >= 15 is 0 Å². The zero-order valence-electron chi connectivity index (χ0n) is 20.5. The lowest BCUT2D eigenvalue weighted by molar-refractivity contribution is -0.142. The van der Waals surface area contributed by atoms with Crippen LogP contribution >= 0.6 is 23.2 Å². The number of halogens is 2. The molecule has 0 aliphatic rings. The molecule has 0 bridgehead atoms. The van der Waals surface area contributed by atoms with Crippen molar-refractivity contribution in [3.8, 4) is 5.75 Å². The summed E-state index contributed by atoms with van der Waals surface area (Å²) in [5.74, 6) is -0.0325. The van der Waals surface area contributed by atoms with Crippen molar-refractivity contribution in [2.45, 2.75) is 72.0 Å². The molecule has 7 heteroatoms. The minimum Gasteiger partial charge on any atom is -0.484 e. The maximum Gasteiger partial charge on any atom is 0.261 e. The Bertz CT molecular complexity index is 956. The van der Waals surface area contributed by atoms with Crippen LogP contribution in [0.3, 0.4) is 0 Å². The van der Waals surface area contributed by atoms with Crippen molar-refractivity contribution < 1.29 is 14.3 Å². The molecular weight excluding hydrogens is 459 g/mol. The third kappa shape index (κ3) is 7.94. The molecule has 2 amide bonds. The van der Waals surface area contributed by atoms with Crippen molar-refractivity contribution in [3.05, 3.63) is 63.6 Å². The van der Waals surface area contributed by atoms with Crippen LogP contribution in [-0.4, -0.2) is 34.9 Å². The number of carbonyl (C=O) groups is 2. The number of hydrogen-bond acceptors (Lipinski definition) is 3. The number of nitrogens with one attached hydrogen (secondary N) is 1. The third-order valence-electron chi connectivity index (χ3n) is 5.14. The molecule has 180 valence electrons. The van der Waals surface area contributed by atoms with Crippen LogP contribution in [0.4, 0.5) is 0 Å². The fourth-order valence-electron chi connectivity index (χ4n) is 3.19. The number of carbonyl (C=O) groups excluding carboxylic acids is 2. The molecule has 5 nitrogen and oxygen atoms in total. The number of rotatable bonds is 7. The number of ether oxygens (including phenoxy) is 1. The Hall–Kier alpha value is -2.24. The van der Waals surface area contributed by atoms with Gasteiger partial charge in [-0.3, -0.25) is 9.59 Å². The highest BCUT2D eigenvalue weighted by Crippen LogP contribution is 2.27. The second-order valence-corrected chi connectivity index (χ2v) is 11.0. The SMILES string of the molecule is CC(C(=O)NC(C)(C)C)N(Cc1c(Cl)cccc1Cl)C(=O)COc1ccc(C(C)(C)C)cc1. The summed E-state index contributed by atoms with van der Waals surface area (Å²) >= 11 is 12.7. The standard InChI is InChI=1S/C26H34Cl2N2O3/c1-17(24(32)29-26(5,6)7)30(15-20-21(27)9-8-10-22(20)28)23(31)16-33-19-13-11-18(12-14-19)25(2,3)4/h8-14,17H,15-16H2,1-7H3,(H,29,32). The highest BCUT2D eigenvalue weighted by molar-refractivity contribution is 6.36. The summed E-state index contributed by atoms with van der Waals surface area (Å²) in [5.41, 5.74) is 1.34. The fraction of sp³-hybridized carbons (Fsp3) is 0.462. The van der Waals surface area contributed by atoms with Gasteiger partial charge in [0.1, 0.15) is 11.8 Å². The van der Waals surface area contributed by atoms with Crippen LogP contribution in [0, 0.1) is 0 Å². The Labute approximate surface area is 207 Å². The second-order valence-electron chi connectivity index (χ2n) is 10.2. The summed E-state index contributed by atoms with van der Waals surface area (Å²) in [5, 5.41) is 3.79. The van der Waals surface area contributed by atoms with E-state index in [4.69, 9.17) is 27.9 Å². The van der Waals surface area contributed by atoms with E-state index in [0.29, 0.717) is 21.4 Å². The van der Waals surface area contributed by atoms with Crippen LogP contribution < -0.4 is 10.1 Å². The predicted octanol–water partition coefficient (Wildman–Crippen LogP) is 6.00. The van der Waals surface area contributed by atoms with Crippen LogP contribution in [-0.2, 0) is 21.5 Å². The van der Waals surface area contributed by atoms with Gasteiger partial charge >= 0.3 is 0 Å². The molecule has 2 aromatic rings. The number of amides is 2. The first-order valence-corrected chi connectivity index (χ1v) is 11.7. The smallest absolute Gasteiger partial charge is 0.261 e. The Kier molecular flexibility index (Phi) is 8.83. The lowest BCUT2D eigenvalue weighted by Gasteiger charge is -2.31. The monoisotopic (exact) mass is 492 g/mol. The van der Waals surface area contributed by atoms with Gasteiger partial charge in [-0.1, -0.05) is 62.2 Å². The number of benzene rings is 2. The van der Waals surface area contributed by atoms with Crippen molar-refractivity contribution in [1.82, 2.24) is 10.2 Å². The molecule has 0 fully saturated rings. The van der Waals surface area contributed by atoms with Gasteiger partial charge in [0.15, 0.2) is 6.61 Å². The first-order valence-electron chi connectivity index (χ1n) is 11.0. The highest BCUT2D eigenvalue weighted by atomic mass is 35.5. The van der Waals surface area contributed by atoms with Gasteiger partial charge in [-0.25, -0.2) is 0 Å². The van der Waals surface area contributed by atoms with Crippen LogP contribution in [0.2, 0.25) is 10.0 Å². The van der Waals surface area contributed by atoms with E-state index in [0.717, 1.165) is 0 Å². The van der Waals surface area contributed by atoms with Crippen LogP contribution in [0.25, 0.3) is 0 Å². The number of nitrogens with zero attached hydrogens (tertiary/aromatic N) is 1. The summed E-state index contributed by atoms with van der Waals surface area (Å²) in [6, 6.07) is 12.1. The lowest BCUT2D eigenvalue weighted by atomic mass is 9.87. The van der Waals surface area contributed by atoms with Gasteiger partial charge in [0.2, 0.25) is 5.91 Å². The first kappa shape index (κ1) is 27.0. The quantitative estimate of drug-likeness (QED) is 0.515. The largest absolute Gasteiger partial charge is 0.484 e. The topological polar surface area (TPSA) is 58.6 Å². The van der Waals surface area contributed by atoms with Crippen LogP contribution in [0.5, 0.6) is 5.75 Å². The average Bonchev–Trinajstić information content (AvgIpc) is 2.70. The molecule has 33 heavy (non-hydrogen) atoms. The zero-order valence-corrected chi connectivity index (χ0v) is 22.0. The van der Waals surface area contributed by atoms with Gasteiger partial charge in [-0.05, 0) is 62.9 Å². The van der Waals surface area contributed by atoms with Crippen molar-refractivity contribution >= 4 is 35.0 Å². The van der Waals surface area contributed by atoms with E-state index in [9.17, 15) is 9.59 Å². The molecule has 1 atom stereocenters. The summed E-state index contributed by atoms with van der Waals surface area (Å²) in [7, 11) is 0. The third-order valence-corrected chi connectivity index (χ3v) is 5.85. The molecule has 2 rings (SSSR count). The predicted molar refractivity (Wildman–Crippen MR) is 135 cm³/mol. The van der Waals surface area contributed by atoms with E-state index in [2.05, 4.69) is 26.1 Å². The Morgan fingerprint density at radius 3 is 2.00 bits per heavy atom. The molecule has 1 N–H and O–H groups in total. The minimum absolute atomic E-state index is 0.0230. The molecule has 2 aromatic carbocycles. The van der Waals surface area contributed by atoms with Crippen LogP contribution in [0.15, 0.2) is 42.5 Å². The molecule has 0 aliphatic heterocycles. The molecular formula is C26H34Cl2N2O3. The van der Waals surface area contributed by atoms with E-state index in [1.54, 1.807) is 25.1 Å². The van der Waals surface area contributed by atoms with E-state index in [-0.39, 0.29) is 30.4 Å². The molecule has 0 aliphatic carbocycles. The average molecular weight is 493 g/mol. The summed E-state index contributed by atoms with van der Waals surface area (Å²) < 4.78 is 5.76. The molecule has 0 radical (unpaired) electrons. The van der Waals surface area contributed by atoms with Gasteiger partial charge < -0.3 is 15.0 Å². The summed E-state index contributed by atoms with van der Waals surface area (Å²) in [4.78, 5) is 27.5. The molecule has 0 aromatic heterocycles. The van der Waals surface area contributed by atoms with Crippen molar-refractivity contribution in [2.24, 2.45) is 0 Å². The molecule has 0 saturated carbocycles. The maximum absolute atomic E-state index is 13.2. The summed E-state index contributed by atoms with van der Waals surface area (Å²) in [6.45, 7) is 13.6. The molecule has 0 heterocycles. The Balaban J connectivity index is 2.22. The first-order chi connectivity index (χ1) is 15.2. The van der Waals surface area contributed by atoms with Crippen LogP contribution in [0.1, 0.15) is 59.6 Å². The molecule has 0 spiro atoms. The zero-order chi connectivity index (χ0) is 25.0. The highest BCUT2D eigenvalue weighted by Gasteiger charge is 2.29. The van der Waals surface area contributed by atoms with E-state index in [1.165, 1.54) is 10.5 Å². The second kappa shape index (κ2) is 10.8. The van der Waals surface area contributed by atoms with Gasteiger partial charge in [-0.2, -0.15) is 0 Å². The number of hydrogen-bond donors (Lipinski definition) is 1. The van der Waals surface area contributed by atoms with Gasteiger partial charge in [0, 0.05) is 27.7 Å².